The zero-order valence-corrected chi connectivity index (χ0v) is 12.8. The molecule has 2 heterocycles. The third kappa shape index (κ3) is 3.85. The molecular formula is C17H23N3O2. The number of amides is 1. The van der Waals surface area contributed by atoms with Crippen LogP contribution < -0.4 is 5.32 Å². The Morgan fingerprint density at radius 2 is 2.32 bits per heavy atom. The smallest absolute Gasteiger partial charge is 0.221 e. The number of imidazole rings is 1. The van der Waals surface area contributed by atoms with Crippen molar-refractivity contribution in [1.82, 2.24) is 14.9 Å². The Hall–Kier alpha value is -1.88. The second-order valence-corrected chi connectivity index (χ2v) is 5.90. The molecule has 5 heteroatoms. The highest BCUT2D eigenvalue weighted by Crippen LogP contribution is 2.17. The van der Waals surface area contributed by atoms with E-state index < -0.39 is 0 Å². The summed E-state index contributed by atoms with van der Waals surface area (Å²) >= 11 is 0. The van der Waals surface area contributed by atoms with E-state index in [2.05, 4.69) is 10.3 Å². The highest BCUT2D eigenvalue weighted by Gasteiger charge is 2.14. The average Bonchev–Trinajstić information content (AvgIpc) is 3.19. The lowest BCUT2D eigenvalue weighted by molar-refractivity contribution is -0.121. The number of nitrogens with one attached hydrogen (secondary N) is 1. The van der Waals surface area contributed by atoms with Gasteiger partial charge in [-0.1, -0.05) is 12.1 Å². The number of fused-ring (bicyclic) bond motifs is 1. The summed E-state index contributed by atoms with van der Waals surface area (Å²) in [7, 11) is 0. The van der Waals surface area contributed by atoms with Crippen LogP contribution in [0.2, 0.25) is 0 Å². The average molecular weight is 301 g/mol. The van der Waals surface area contributed by atoms with Crippen molar-refractivity contribution in [2.24, 2.45) is 5.92 Å². The van der Waals surface area contributed by atoms with Crippen LogP contribution in [0.4, 0.5) is 0 Å². The lowest BCUT2D eigenvalue weighted by atomic mass is 10.0. The fraction of sp³-hybridized carbons (Fsp3) is 0.529. The molecule has 1 amide bonds. The van der Waals surface area contributed by atoms with E-state index in [1.54, 1.807) is 6.33 Å². The SMILES string of the molecule is O=C(CCn1cnc2ccccc21)NCCC[C@@H]1CCOC1. The van der Waals surface area contributed by atoms with Crippen LogP contribution >= 0.6 is 0 Å². The molecule has 5 nitrogen and oxygen atoms in total. The molecule has 0 unspecified atom stereocenters. The van der Waals surface area contributed by atoms with Crippen molar-refractivity contribution >= 4 is 16.9 Å². The van der Waals surface area contributed by atoms with Gasteiger partial charge in [-0.05, 0) is 37.3 Å². The van der Waals surface area contributed by atoms with Crippen molar-refractivity contribution < 1.29 is 9.53 Å². The van der Waals surface area contributed by atoms with Gasteiger partial charge >= 0.3 is 0 Å². The molecule has 0 aliphatic carbocycles. The maximum Gasteiger partial charge on any atom is 0.221 e. The van der Waals surface area contributed by atoms with Crippen molar-refractivity contribution in [3.8, 4) is 0 Å². The monoisotopic (exact) mass is 301 g/mol. The Labute approximate surface area is 130 Å². The number of carbonyl (C=O) groups is 1. The topological polar surface area (TPSA) is 56.2 Å². The summed E-state index contributed by atoms with van der Waals surface area (Å²) in [5.41, 5.74) is 2.05. The Balaban J connectivity index is 1.37. The number of para-hydroxylation sites is 2. The molecule has 1 saturated heterocycles. The first-order valence-corrected chi connectivity index (χ1v) is 8.07. The van der Waals surface area contributed by atoms with Gasteiger partial charge in [0.15, 0.2) is 0 Å². The molecule has 0 radical (unpaired) electrons. The third-order valence-electron chi connectivity index (χ3n) is 4.24. The Morgan fingerprint density at radius 1 is 1.41 bits per heavy atom. The molecule has 3 rings (SSSR count). The van der Waals surface area contributed by atoms with Crippen molar-refractivity contribution in [2.75, 3.05) is 19.8 Å². The van der Waals surface area contributed by atoms with Crippen LogP contribution in [-0.2, 0) is 16.1 Å². The highest BCUT2D eigenvalue weighted by molar-refractivity contribution is 5.77. The second kappa shape index (κ2) is 7.40. The standard InChI is InChI=1S/C17H23N3O2/c21-17(18-9-3-4-14-8-11-22-12-14)7-10-20-13-19-15-5-1-2-6-16(15)20/h1-2,5-6,13-14H,3-4,7-12H2,(H,18,21)/t14-/m1/s1. The van der Waals surface area contributed by atoms with E-state index in [0.717, 1.165) is 43.6 Å². The van der Waals surface area contributed by atoms with Gasteiger partial charge in [0.25, 0.3) is 0 Å². The van der Waals surface area contributed by atoms with Gasteiger partial charge in [0.1, 0.15) is 0 Å². The van der Waals surface area contributed by atoms with Gasteiger partial charge in [0.2, 0.25) is 5.91 Å². The van der Waals surface area contributed by atoms with Crippen LogP contribution in [0, 0.1) is 5.92 Å². The normalized spacial score (nSPS) is 17.9. The number of nitrogens with zero attached hydrogens (tertiary/aromatic N) is 2. The quantitative estimate of drug-likeness (QED) is 0.799. The lowest BCUT2D eigenvalue weighted by Crippen LogP contribution is -2.25. The second-order valence-electron chi connectivity index (χ2n) is 5.90. The molecule has 0 bridgehead atoms. The molecule has 0 saturated carbocycles. The molecule has 118 valence electrons. The number of benzene rings is 1. The first kappa shape index (κ1) is 15.0. The summed E-state index contributed by atoms with van der Waals surface area (Å²) in [5.74, 6) is 0.801. The van der Waals surface area contributed by atoms with Crippen LogP contribution in [0.25, 0.3) is 11.0 Å². The molecule has 1 aromatic carbocycles. The molecule has 1 aliphatic heterocycles. The first-order valence-electron chi connectivity index (χ1n) is 8.07. The van der Waals surface area contributed by atoms with E-state index in [0.29, 0.717) is 18.9 Å². The van der Waals surface area contributed by atoms with E-state index in [1.807, 2.05) is 28.8 Å². The first-order chi connectivity index (χ1) is 10.8. The Morgan fingerprint density at radius 3 is 3.18 bits per heavy atom. The van der Waals surface area contributed by atoms with E-state index >= 15 is 0 Å². The summed E-state index contributed by atoms with van der Waals surface area (Å²) in [6.07, 6.45) is 5.65. The van der Waals surface area contributed by atoms with Gasteiger partial charge in [-0.15, -0.1) is 0 Å². The van der Waals surface area contributed by atoms with Gasteiger partial charge in [-0.2, -0.15) is 0 Å². The maximum atomic E-state index is 11.9. The van der Waals surface area contributed by atoms with E-state index in [-0.39, 0.29) is 5.91 Å². The van der Waals surface area contributed by atoms with Gasteiger partial charge in [0.05, 0.1) is 17.4 Å². The zero-order valence-electron chi connectivity index (χ0n) is 12.8. The summed E-state index contributed by atoms with van der Waals surface area (Å²) in [5, 5.41) is 3.00. The number of rotatable bonds is 7. The van der Waals surface area contributed by atoms with Crippen LogP contribution in [-0.4, -0.2) is 35.2 Å². The Bertz CT molecular complexity index is 617. The van der Waals surface area contributed by atoms with Crippen molar-refractivity contribution in [2.45, 2.75) is 32.2 Å². The van der Waals surface area contributed by atoms with Crippen LogP contribution in [0.15, 0.2) is 30.6 Å². The van der Waals surface area contributed by atoms with Crippen LogP contribution in [0.1, 0.15) is 25.7 Å². The molecule has 1 aromatic heterocycles. The minimum absolute atomic E-state index is 0.112. The number of carbonyl (C=O) groups excluding carboxylic acids is 1. The predicted molar refractivity (Wildman–Crippen MR) is 85.5 cm³/mol. The molecular weight excluding hydrogens is 278 g/mol. The van der Waals surface area contributed by atoms with E-state index in [1.165, 1.54) is 6.42 Å². The van der Waals surface area contributed by atoms with E-state index in [9.17, 15) is 4.79 Å². The minimum Gasteiger partial charge on any atom is -0.381 e. The number of hydrogen-bond acceptors (Lipinski definition) is 3. The summed E-state index contributed by atoms with van der Waals surface area (Å²) in [4.78, 5) is 16.2. The van der Waals surface area contributed by atoms with Crippen LogP contribution in [0.3, 0.4) is 0 Å². The fourth-order valence-corrected chi connectivity index (χ4v) is 2.93. The van der Waals surface area contributed by atoms with Gasteiger partial charge in [-0.3, -0.25) is 4.79 Å². The van der Waals surface area contributed by atoms with Crippen molar-refractivity contribution in [3.63, 3.8) is 0 Å². The summed E-state index contributed by atoms with van der Waals surface area (Å²) in [6, 6.07) is 7.98. The lowest BCUT2D eigenvalue weighted by Gasteiger charge is -2.09. The fourth-order valence-electron chi connectivity index (χ4n) is 2.93. The van der Waals surface area contributed by atoms with Crippen LogP contribution in [0.5, 0.6) is 0 Å². The summed E-state index contributed by atoms with van der Waals surface area (Å²) in [6.45, 7) is 3.22. The molecule has 2 aromatic rings. The highest BCUT2D eigenvalue weighted by atomic mass is 16.5. The molecule has 22 heavy (non-hydrogen) atoms. The number of aromatic nitrogens is 2. The molecule has 1 N–H and O–H groups in total. The molecule has 0 spiro atoms. The van der Waals surface area contributed by atoms with Crippen molar-refractivity contribution in [1.29, 1.82) is 0 Å². The number of ether oxygens (including phenoxy) is 1. The molecule has 1 fully saturated rings. The molecule has 1 aliphatic rings. The third-order valence-corrected chi connectivity index (χ3v) is 4.24. The van der Waals surface area contributed by atoms with Gasteiger partial charge < -0.3 is 14.6 Å². The van der Waals surface area contributed by atoms with Gasteiger partial charge in [-0.25, -0.2) is 4.98 Å². The van der Waals surface area contributed by atoms with Gasteiger partial charge in [0, 0.05) is 32.7 Å². The predicted octanol–water partition coefficient (Wildman–Crippen LogP) is 2.36. The minimum atomic E-state index is 0.112. The van der Waals surface area contributed by atoms with Crippen molar-refractivity contribution in [3.05, 3.63) is 30.6 Å². The number of hydrogen-bond donors (Lipinski definition) is 1. The maximum absolute atomic E-state index is 11.9. The summed E-state index contributed by atoms with van der Waals surface area (Å²) < 4.78 is 7.39. The van der Waals surface area contributed by atoms with E-state index in [4.69, 9.17) is 4.74 Å². The zero-order chi connectivity index (χ0) is 15.2. The molecule has 1 atom stereocenters. The largest absolute Gasteiger partial charge is 0.381 e. The number of aryl methyl sites for hydroxylation is 1. The Kier molecular flexibility index (Phi) is 5.06.